The molecule has 0 spiro atoms. The van der Waals surface area contributed by atoms with E-state index in [9.17, 15) is 18.0 Å². The highest BCUT2D eigenvalue weighted by Crippen LogP contribution is 2.23. The summed E-state index contributed by atoms with van der Waals surface area (Å²) in [4.78, 5) is 29.3. The molecule has 0 unspecified atom stereocenters. The zero-order chi connectivity index (χ0) is 23.6. The molecule has 4 rings (SSSR count). The highest BCUT2D eigenvalue weighted by atomic mass is 32.2. The molecule has 0 radical (unpaired) electrons. The number of H-pyrrole nitrogens is 2. The molecule has 3 aromatic carbocycles. The topological polar surface area (TPSA) is 124 Å². The smallest absolute Gasteiger partial charge is 0.323 e. The molecular weight excluding hydrogens is 440 g/mol. The summed E-state index contributed by atoms with van der Waals surface area (Å²) in [7, 11) is -3.88. The Labute approximate surface area is 191 Å². The lowest BCUT2D eigenvalue weighted by molar-refractivity contribution is 0.0925. The summed E-state index contributed by atoms with van der Waals surface area (Å²) in [5.74, 6) is -0.0523. The Hall–Kier alpha value is -3.85. The van der Waals surface area contributed by atoms with Crippen LogP contribution in [0.3, 0.4) is 0 Å². The first-order valence-corrected chi connectivity index (χ1v) is 11.9. The van der Waals surface area contributed by atoms with Gasteiger partial charge in [0.05, 0.1) is 22.0 Å². The van der Waals surface area contributed by atoms with E-state index >= 15 is 0 Å². The van der Waals surface area contributed by atoms with E-state index in [-0.39, 0.29) is 22.8 Å². The van der Waals surface area contributed by atoms with Gasteiger partial charge in [0, 0.05) is 11.3 Å². The first-order chi connectivity index (χ1) is 15.7. The molecule has 8 nitrogen and oxygen atoms in total. The number of rotatable bonds is 7. The number of aromatic nitrogens is 2. The van der Waals surface area contributed by atoms with Gasteiger partial charge < -0.3 is 15.3 Å². The number of hydrogen-bond donors (Lipinski definition) is 4. The number of fused-ring (bicyclic) bond motifs is 1. The minimum Gasteiger partial charge on any atom is -0.345 e. The van der Waals surface area contributed by atoms with E-state index in [1.54, 1.807) is 12.1 Å². The molecular formula is C24H24N4O4S. The van der Waals surface area contributed by atoms with Gasteiger partial charge in [0.2, 0.25) is 0 Å². The van der Waals surface area contributed by atoms with E-state index in [0.717, 1.165) is 5.56 Å². The van der Waals surface area contributed by atoms with E-state index < -0.39 is 15.7 Å². The van der Waals surface area contributed by atoms with Gasteiger partial charge in [-0.2, -0.15) is 0 Å². The Balaban J connectivity index is 1.49. The number of sulfonamides is 1. The summed E-state index contributed by atoms with van der Waals surface area (Å²) in [6, 6.07) is 20.1. The van der Waals surface area contributed by atoms with Gasteiger partial charge in [0.25, 0.3) is 15.9 Å². The number of amides is 1. The van der Waals surface area contributed by atoms with E-state index in [1.807, 2.05) is 44.2 Å². The van der Waals surface area contributed by atoms with Gasteiger partial charge in [-0.05, 0) is 53.9 Å². The zero-order valence-corrected chi connectivity index (χ0v) is 18.9. The molecule has 0 aliphatic rings. The van der Waals surface area contributed by atoms with Crippen molar-refractivity contribution in [3.05, 3.63) is 94.4 Å². The molecule has 4 aromatic rings. The number of imidazole rings is 1. The Morgan fingerprint density at radius 3 is 2.21 bits per heavy atom. The summed E-state index contributed by atoms with van der Waals surface area (Å²) in [5.41, 5.74) is 2.26. The molecule has 0 bridgehead atoms. The molecule has 0 aliphatic carbocycles. The monoisotopic (exact) mass is 464 g/mol. The Bertz CT molecular complexity index is 1440. The van der Waals surface area contributed by atoms with Crippen molar-refractivity contribution in [2.45, 2.75) is 24.8 Å². The fourth-order valence-electron chi connectivity index (χ4n) is 3.60. The SMILES string of the molecule is CC(C)[C@@H](NC(=O)c1ccc(NS(=O)(=O)c2ccc3[nH]c(=O)[nH]c3c2)cc1)c1ccccc1. The second-order valence-electron chi connectivity index (χ2n) is 8.08. The van der Waals surface area contributed by atoms with Gasteiger partial charge in [0.15, 0.2) is 0 Å². The number of nitrogens with one attached hydrogen (secondary N) is 4. The molecule has 0 aliphatic heterocycles. The van der Waals surface area contributed by atoms with Gasteiger partial charge in [-0.15, -0.1) is 0 Å². The maximum atomic E-state index is 12.8. The summed E-state index contributed by atoms with van der Waals surface area (Å²) in [6.07, 6.45) is 0. The average Bonchev–Trinajstić information content (AvgIpc) is 3.17. The molecule has 0 saturated carbocycles. The van der Waals surface area contributed by atoms with Crippen LogP contribution in [-0.2, 0) is 10.0 Å². The third-order valence-electron chi connectivity index (χ3n) is 5.31. The standard InChI is InChI=1S/C24H24N4O4S/c1-15(2)22(16-6-4-3-5-7-16)27-23(29)17-8-10-18(11-9-17)28-33(31,32)19-12-13-20-21(14-19)26-24(30)25-20/h3-15,22,28H,1-2H3,(H,27,29)(H2,25,26,30)/t22-/m1/s1. The van der Waals surface area contributed by atoms with Crippen LogP contribution in [0.15, 0.2) is 82.5 Å². The van der Waals surface area contributed by atoms with Gasteiger partial charge in [0.1, 0.15) is 0 Å². The molecule has 170 valence electrons. The lowest BCUT2D eigenvalue weighted by atomic mass is 9.95. The van der Waals surface area contributed by atoms with Crippen LogP contribution >= 0.6 is 0 Å². The minimum atomic E-state index is -3.88. The van der Waals surface area contributed by atoms with Crippen LogP contribution in [0.1, 0.15) is 35.8 Å². The van der Waals surface area contributed by atoms with Crippen molar-refractivity contribution in [3.63, 3.8) is 0 Å². The Kier molecular flexibility index (Phi) is 6.06. The van der Waals surface area contributed by atoms with Crippen LogP contribution in [-0.4, -0.2) is 24.3 Å². The first kappa shape index (κ1) is 22.3. The third-order valence-corrected chi connectivity index (χ3v) is 6.69. The lowest BCUT2D eigenvalue weighted by Gasteiger charge is -2.23. The van der Waals surface area contributed by atoms with Crippen molar-refractivity contribution < 1.29 is 13.2 Å². The van der Waals surface area contributed by atoms with Gasteiger partial charge in [-0.1, -0.05) is 44.2 Å². The Morgan fingerprint density at radius 2 is 1.55 bits per heavy atom. The van der Waals surface area contributed by atoms with Crippen LogP contribution in [0.5, 0.6) is 0 Å². The van der Waals surface area contributed by atoms with Gasteiger partial charge >= 0.3 is 5.69 Å². The van der Waals surface area contributed by atoms with E-state index in [1.165, 1.54) is 30.3 Å². The number of aromatic amines is 2. The highest BCUT2D eigenvalue weighted by molar-refractivity contribution is 7.92. The summed E-state index contributed by atoms with van der Waals surface area (Å²) < 4.78 is 28.0. The van der Waals surface area contributed by atoms with Gasteiger partial charge in [-0.3, -0.25) is 9.52 Å². The minimum absolute atomic E-state index is 0.00899. The van der Waals surface area contributed by atoms with E-state index in [0.29, 0.717) is 22.3 Å². The zero-order valence-electron chi connectivity index (χ0n) is 18.1. The Morgan fingerprint density at radius 1 is 0.879 bits per heavy atom. The number of carbonyl (C=O) groups is 1. The van der Waals surface area contributed by atoms with Crippen molar-refractivity contribution in [3.8, 4) is 0 Å². The predicted molar refractivity (Wildman–Crippen MR) is 128 cm³/mol. The largest absolute Gasteiger partial charge is 0.345 e. The second kappa shape index (κ2) is 8.95. The molecule has 1 atom stereocenters. The van der Waals surface area contributed by atoms with Crippen molar-refractivity contribution in [2.75, 3.05) is 4.72 Å². The number of hydrogen-bond acceptors (Lipinski definition) is 4. The summed E-state index contributed by atoms with van der Waals surface area (Å²) in [5, 5.41) is 3.05. The van der Waals surface area contributed by atoms with Crippen molar-refractivity contribution in [2.24, 2.45) is 5.92 Å². The average molecular weight is 465 g/mol. The lowest BCUT2D eigenvalue weighted by Crippen LogP contribution is -2.31. The second-order valence-corrected chi connectivity index (χ2v) is 9.76. The molecule has 1 heterocycles. The van der Waals surface area contributed by atoms with Crippen LogP contribution in [0.4, 0.5) is 5.69 Å². The van der Waals surface area contributed by atoms with Gasteiger partial charge in [-0.25, -0.2) is 13.2 Å². The number of anilines is 1. The van der Waals surface area contributed by atoms with Crippen molar-refractivity contribution >= 4 is 32.7 Å². The highest BCUT2D eigenvalue weighted by Gasteiger charge is 2.20. The third kappa shape index (κ3) is 4.98. The number of benzene rings is 3. The molecule has 1 aromatic heterocycles. The van der Waals surface area contributed by atoms with Crippen LogP contribution in [0, 0.1) is 5.92 Å². The predicted octanol–water partition coefficient (Wildman–Crippen LogP) is 3.78. The van der Waals surface area contributed by atoms with Crippen LogP contribution in [0.2, 0.25) is 0 Å². The van der Waals surface area contributed by atoms with Crippen molar-refractivity contribution in [1.82, 2.24) is 15.3 Å². The molecule has 4 N–H and O–H groups in total. The quantitative estimate of drug-likeness (QED) is 0.332. The normalized spacial score (nSPS) is 12.6. The summed E-state index contributed by atoms with van der Waals surface area (Å²) in [6.45, 7) is 4.08. The molecule has 1 amide bonds. The summed E-state index contributed by atoms with van der Waals surface area (Å²) >= 11 is 0. The maximum Gasteiger partial charge on any atom is 0.323 e. The van der Waals surface area contributed by atoms with Crippen molar-refractivity contribution in [1.29, 1.82) is 0 Å². The van der Waals surface area contributed by atoms with E-state index in [2.05, 4.69) is 20.0 Å². The molecule has 0 saturated heterocycles. The fourth-order valence-corrected chi connectivity index (χ4v) is 4.69. The van der Waals surface area contributed by atoms with E-state index in [4.69, 9.17) is 0 Å². The molecule has 9 heteroatoms. The fraction of sp³-hybridized carbons (Fsp3) is 0.167. The molecule has 0 fully saturated rings. The first-order valence-electron chi connectivity index (χ1n) is 10.4. The van der Waals surface area contributed by atoms with Crippen LogP contribution in [0.25, 0.3) is 11.0 Å². The molecule has 33 heavy (non-hydrogen) atoms. The number of carbonyl (C=O) groups excluding carboxylic acids is 1. The van der Waals surface area contributed by atoms with Crippen LogP contribution < -0.4 is 15.7 Å². The maximum absolute atomic E-state index is 12.8.